The Morgan fingerprint density at radius 1 is 1.10 bits per heavy atom. The molecule has 0 saturated carbocycles. The molecule has 2 bridgehead atoms. The summed E-state index contributed by atoms with van der Waals surface area (Å²) in [6, 6.07) is 11.8. The van der Waals surface area contributed by atoms with Crippen LogP contribution in [0.25, 0.3) is 10.1 Å². The monoisotopic (exact) mass is 646 g/mol. The van der Waals surface area contributed by atoms with Gasteiger partial charge in [0, 0.05) is 10.1 Å². The van der Waals surface area contributed by atoms with Gasteiger partial charge in [-0.15, -0.1) is 11.3 Å². The second kappa shape index (κ2) is 11.1. The van der Waals surface area contributed by atoms with E-state index in [9.17, 15) is 36.3 Å². The third kappa shape index (κ3) is 6.30. The maximum atomic E-state index is 14.4. The molecule has 0 aliphatic carbocycles. The van der Waals surface area contributed by atoms with Gasteiger partial charge in [-0.2, -0.15) is 23.2 Å². The number of benzene rings is 2. The summed E-state index contributed by atoms with van der Waals surface area (Å²) < 4.78 is 95.1. The van der Waals surface area contributed by atoms with Crippen molar-refractivity contribution in [1.29, 1.82) is 5.26 Å². The first-order valence-electron chi connectivity index (χ1n) is 13.1. The molecule has 0 radical (unpaired) electrons. The predicted octanol–water partition coefficient (Wildman–Crippen LogP) is 3.96. The van der Waals surface area contributed by atoms with Crippen molar-refractivity contribution in [3.63, 3.8) is 0 Å². The van der Waals surface area contributed by atoms with Crippen LogP contribution in [0.5, 0.6) is 11.5 Å². The summed E-state index contributed by atoms with van der Waals surface area (Å²) in [5.74, 6) is -0.0799. The number of nitrogens with one attached hydrogen (secondary N) is 1. The molecular formula is C26H30F3N4O6PS2+2. The summed E-state index contributed by atoms with van der Waals surface area (Å²) in [7, 11) is -7.34. The highest BCUT2D eigenvalue weighted by Gasteiger charge is 2.47. The number of halogens is 3. The Morgan fingerprint density at radius 2 is 1.74 bits per heavy atom. The lowest BCUT2D eigenvalue weighted by molar-refractivity contribution is -1.07. The fourth-order valence-corrected chi connectivity index (χ4v) is 9.77. The normalized spacial score (nSPS) is 23.8. The van der Waals surface area contributed by atoms with Gasteiger partial charge in [-0.3, -0.25) is 0 Å². The topological polar surface area (TPSA) is 126 Å². The molecule has 4 heterocycles. The minimum absolute atomic E-state index is 0.0189. The van der Waals surface area contributed by atoms with Crippen LogP contribution >= 0.6 is 18.9 Å². The Balaban J connectivity index is 1.41. The molecule has 3 aromatic rings. The number of piperazine rings is 3. The number of nitriles is 1. The first-order chi connectivity index (χ1) is 19.7. The molecule has 2 N–H and O–H groups in total. The maximum Gasteiger partial charge on any atom is 0.419 e. The number of alkyl halides is 3. The fraction of sp³-hybridized carbons (Fsp3) is 0.423. The van der Waals surface area contributed by atoms with Gasteiger partial charge in [0.25, 0.3) is 10.0 Å². The number of rotatable bonds is 10. The van der Waals surface area contributed by atoms with E-state index in [1.165, 1.54) is 36.4 Å². The molecule has 1 atom stereocenters. The molecule has 1 unspecified atom stereocenters. The average Bonchev–Trinajstić information content (AvgIpc) is 3.35. The highest BCUT2D eigenvalue weighted by Crippen LogP contribution is 2.48. The van der Waals surface area contributed by atoms with Crippen LogP contribution in [-0.2, 0) is 20.8 Å². The van der Waals surface area contributed by atoms with E-state index in [4.69, 9.17) is 9.26 Å². The Hall–Kier alpha value is -2.70. The van der Waals surface area contributed by atoms with Crippen LogP contribution in [0.1, 0.15) is 11.1 Å². The Labute approximate surface area is 245 Å². The van der Waals surface area contributed by atoms with E-state index in [1.807, 2.05) is 0 Å². The molecule has 42 heavy (non-hydrogen) atoms. The van der Waals surface area contributed by atoms with Crippen LogP contribution in [0.3, 0.4) is 0 Å². The number of para-hydroxylation sites is 1. The molecule has 0 amide bonds. The second-order valence-electron chi connectivity index (χ2n) is 10.9. The van der Waals surface area contributed by atoms with E-state index >= 15 is 0 Å². The van der Waals surface area contributed by atoms with Crippen molar-refractivity contribution in [3.05, 3.63) is 53.6 Å². The number of hydrogen-bond donors (Lipinski definition) is 2. The number of nitrogens with zero attached hydrogens (tertiary/aromatic N) is 3. The first-order valence-corrected chi connectivity index (χ1v) is 17.2. The Kier molecular flexibility index (Phi) is 8.12. The van der Waals surface area contributed by atoms with Crippen molar-refractivity contribution in [1.82, 2.24) is 4.72 Å². The zero-order chi connectivity index (χ0) is 30.4. The molecule has 1 aromatic heterocycles. The Morgan fingerprint density at radius 3 is 2.33 bits per heavy atom. The van der Waals surface area contributed by atoms with Gasteiger partial charge >= 0.3 is 13.8 Å². The van der Waals surface area contributed by atoms with E-state index < -0.39 is 50.8 Å². The number of sulfonamides is 1. The number of fused-ring (bicyclic) bond motifs is 4. The van der Waals surface area contributed by atoms with Crippen molar-refractivity contribution in [2.75, 3.05) is 65.8 Å². The van der Waals surface area contributed by atoms with E-state index in [0.29, 0.717) is 17.9 Å². The van der Waals surface area contributed by atoms with E-state index in [2.05, 4.69) is 7.05 Å². The van der Waals surface area contributed by atoms with Crippen LogP contribution in [0.4, 0.5) is 13.2 Å². The van der Waals surface area contributed by atoms with Crippen molar-refractivity contribution in [2.45, 2.75) is 10.4 Å². The zero-order valence-corrected chi connectivity index (χ0v) is 25.2. The highest BCUT2D eigenvalue weighted by atomic mass is 32.2. The molecule has 3 saturated heterocycles. The summed E-state index contributed by atoms with van der Waals surface area (Å²) >= 11 is 0.311. The van der Waals surface area contributed by atoms with Gasteiger partial charge in [-0.05, 0) is 24.3 Å². The lowest BCUT2D eigenvalue weighted by Crippen LogP contribution is -2.74. The number of thiophene rings is 1. The molecule has 6 rings (SSSR count). The van der Waals surface area contributed by atoms with Gasteiger partial charge < -0.3 is 23.1 Å². The number of quaternary nitrogens is 2. The first kappa shape index (κ1) is 30.7. The average molecular weight is 647 g/mol. The molecule has 0 spiro atoms. The van der Waals surface area contributed by atoms with E-state index in [0.717, 1.165) is 48.2 Å². The smallest absolute Gasteiger partial charge is 0.419 e. The van der Waals surface area contributed by atoms with Gasteiger partial charge in [-0.1, -0.05) is 18.2 Å². The molecule has 2 aromatic carbocycles. The van der Waals surface area contributed by atoms with Gasteiger partial charge in [0.05, 0.1) is 12.6 Å². The van der Waals surface area contributed by atoms with Crippen molar-refractivity contribution < 1.29 is 49.3 Å². The van der Waals surface area contributed by atoms with Crippen LogP contribution < -0.4 is 14.0 Å². The van der Waals surface area contributed by atoms with Crippen LogP contribution in [0.2, 0.25) is 0 Å². The molecule has 3 aliphatic heterocycles. The predicted molar refractivity (Wildman–Crippen MR) is 150 cm³/mol. The van der Waals surface area contributed by atoms with Gasteiger partial charge in [0.2, 0.25) is 0 Å². The number of likely N-dealkylation sites (N-methyl/N-ethyl adjacent to an activating group) is 1. The summed E-state index contributed by atoms with van der Waals surface area (Å²) in [6.07, 6.45) is -6.34. The van der Waals surface area contributed by atoms with Crippen LogP contribution in [0.15, 0.2) is 46.7 Å². The molecule has 3 aliphatic rings. The quantitative estimate of drug-likeness (QED) is 0.252. The van der Waals surface area contributed by atoms with Crippen molar-refractivity contribution in [3.8, 4) is 17.6 Å². The van der Waals surface area contributed by atoms with Crippen molar-refractivity contribution in [2.24, 2.45) is 0 Å². The van der Waals surface area contributed by atoms with Gasteiger partial charge in [0.15, 0.2) is 0 Å². The highest BCUT2D eigenvalue weighted by molar-refractivity contribution is 7.92. The summed E-state index contributed by atoms with van der Waals surface area (Å²) in [5, 5.41) is 9.31. The molecule has 16 heteroatoms. The molecular weight excluding hydrogens is 616 g/mol. The second-order valence-corrected chi connectivity index (χ2v) is 15.7. The molecule has 3 fully saturated rings. The largest absolute Gasteiger partial charge is 0.486 e. The lowest BCUT2D eigenvalue weighted by atomic mass is 10.1. The van der Waals surface area contributed by atoms with Crippen LogP contribution in [0, 0.1) is 11.3 Å². The third-order valence-corrected chi connectivity index (χ3v) is 12.4. The molecule has 226 valence electrons. The van der Waals surface area contributed by atoms with Gasteiger partial charge in [-0.25, -0.2) is 13.0 Å². The summed E-state index contributed by atoms with van der Waals surface area (Å²) in [6.45, 7) is 6.94. The van der Waals surface area contributed by atoms with Crippen LogP contribution in [-0.4, -0.2) is 88.0 Å². The standard InChI is InChI=1S/C26H29F3N4O6PS2/c1-32-9-12-33(13-10-32,14-11-32)15-16-38-21-7-8-22-23(20(21)17-30)24(26(27,28)29)25(41-22)42(36,37)31-18-40(34,35)39-19-5-3-2-4-6-19/h2-8,31H,9-16,18H2,1H3/q+1/p+1. The number of hydrogen-bond acceptors (Lipinski definition) is 7. The maximum absolute atomic E-state index is 14.4. The molecule has 10 nitrogen and oxygen atoms in total. The fourth-order valence-electron chi connectivity index (χ4n) is 5.46. The summed E-state index contributed by atoms with van der Waals surface area (Å²) in [5.41, 5.74) is -1.95. The Bertz CT molecular complexity index is 1670. The van der Waals surface area contributed by atoms with Gasteiger partial charge in [0.1, 0.15) is 86.0 Å². The SMILES string of the molecule is C[N+]12CC[N+](CCOc3ccc4sc(S(=O)(=O)NCP(=O)(O)Oc5ccccc5)c(C(F)(F)F)c4c3C#N)(CC1)CC2. The minimum Gasteiger partial charge on any atom is -0.486 e. The van der Waals surface area contributed by atoms with Crippen molar-refractivity contribution >= 4 is 39.0 Å². The van der Waals surface area contributed by atoms with E-state index in [1.54, 1.807) is 16.9 Å². The zero-order valence-electron chi connectivity index (χ0n) is 22.6. The lowest BCUT2D eigenvalue weighted by Gasteiger charge is -2.53. The summed E-state index contributed by atoms with van der Waals surface area (Å²) in [4.78, 5) is 10.1. The minimum atomic E-state index is -5.17. The van der Waals surface area contributed by atoms with E-state index in [-0.39, 0.29) is 22.8 Å². The third-order valence-electron chi connectivity index (χ3n) is 8.04. The number of ether oxygens (including phenoxy) is 1.